The van der Waals surface area contributed by atoms with Crippen molar-refractivity contribution in [2.75, 3.05) is 0 Å². The smallest absolute Gasteiger partial charge is 0.220 e. The first-order valence-corrected chi connectivity index (χ1v) is 8.54. The Kier molecular flexibility index (Phi) is 5.59. The summed E-state index contributed by atoms with van der Waals surface area (Å²) in [5.74, 6) is 0.400. The van der Waals surface area contributed by atoms with Gasteiger partial charge < -0.3 is 15.0 Å². The number of amides is 1. The van der Waals surface area contributed by atoms with Crippen LogP contribution >= 0.6 is 0 Å². The van der Waals surface area contributed by atoms with Gasteiger partial charge in [0, 0.05) is 49.7 Å². The summed E-state index contributed by atoms with van der Waals surface area (Å²) in [5, 5.41) is 12.7. The van der Waals surface area contributed by atoms with Gasteiger partial charge in [0.25, 0.3) is 0 Å². The maximum atomic E-state index is 12.3. The van der Waals surface area contributed by atoms with Gasteiger partial charge >= 0.3 is 0 Å². The zero-order valence-corrected chi connectivity index (χ0v) is 13.7. The van der Waals surface area contributed by atoms with Crippen molar-refractivity contribution in [3.05, 3.63) is 48.8 Å². The largest absolute Gasteiger partial charge is 0.393 e. The summed E-state index contributed by atoms with van der Waals surface area (Å²) in [6.07, 6.45) is 10.5. The second-order valence-electron chi connectivity index (χ2n) is 6.49. The molecule has 1 aliphatic rings. The number of rotatable bonds is 8. The van der Waals surface area contributed by atoms with Crippen molar-refractivity contribution in [3.8, 4) is 0 Å². The molecule has 2 N–H and O–H groups in total. The van der Waals surface area contributed by atoms with Crippen molar-refractivity contribution in [3.63, 3.8) is 0 Å². The number of aromatic nitrogens is 3. The molecule has 1 amide bonds. The van der Waals surface area contributed by atoms with Gasteiger partial charge in [0.05, 0.1) is 12.4 Å². The third-order valence-electron chi connectivity index (χ3n) is 4.60. The van der Waals surface area contributed by atoms with Gasteiger partial charge in [-0.3, -0.25) is 9.78 Å². The quantitative estimate of drug-likeness (QED) is 0.770. The van der Waals surface area contributed by atoms with Crippen LogP contribution in [0.1, 0.15) is 31.4 Å². The molecule has 0 bridgehead atoms. The summed E-state index contributed by atoms with van der Waals surface area (Å²) in [7, 11) is 0. The van der Waals surface area contributed by atoms with Gasteiger partial charge in [-0.25, -0.2) is 4.98 Å². The van der Waals surface area contributed by atoms with Crippen LogP contribution < -0.4 is 5.32 Å². The summed E-state index contributed by atoms with van der Waals surface area (Å²) >= 11 is 0. The number of carbonyl (C=O) groups excluding carboxylic acids is 1. The maximum absolute atomic E-state index is 12.3. The molecule has 2 aromatic heterocycles. The Labute approximate surface area is 141 Å². The Bertz CT molecular complexity index is 624. The van der Waals surface area contributed by atoms with Crippen molar-refractivity contribution in [1.29, 1.82) is 0 Å². The molecule has 0 aliphatic heterocycles. The molecule has 0 radical (unpaired) electrons. The highest BCUT2D eigenvalue weighted by Gasteiger charge is 2.34. The van der Waals surface area contributed by atoms with E-state index in [4.69, 9.17) is 0 Å². The lowest BCUT2D eigenvalue weighted by Gasteiger charge is -2.38. The maximum Gasteiger partial charge on any atom is 0.220 e. The second kappa shape index (κ2) is 8.06. The van der Waals surface area contributed by atoms with Crippen LogP contribution in [0.25, 0.3) is 0 Å². The first kappa shape index (κ1) is 16.6. The van der Waals surface area contributed by atoms with Gasteiger partial charge in [0.1, 0.15) is 0 Å². The van der Waals surface area contributed by atoms with Crippen molar-refractivity contribution >= 4 is 5.91 Å². The molecule has 0 saturated heterocycles. The summed E-state index contributed by atoms with van der Waals surface area (Å²) < 4.78 is 1.97. The molecule has 6 nitrogen and oxygen atoms in total. The lowest BCUT2D eigenvalue weighted by Crippen LogP contribution is -2.48. The molecule has 2 heterocycles. The molecule has 3 rings (SSSR count). The van der Waals surface area contributed by atoms with Crippen molar-refractivity contribution < 1.29 is 9.90 Å². The summed E-state index contributed by atoms with van der Waals surface area (Å²) in [4.78, 5) is 20.6. The zero-order valence-electron chi connectivity index (χ0n) is 13.7. The fourth-order valence-corrected chi connectivity index (χ4v) is 3.16. The van der Waals surface area contributed by atoms with Crippen LogP contribution in [-0.4, -0.2) is 37.7 Å². The van der Waals surface area contributed by atoms with Crippen LogP contribution in [0.3, 0.4) is 0 Å². The number of carbonyl (C=O) groups is 1. The molecule has 6 heteroatoms. The normalized spacial score (nSPS) is 21.0. The second-order valence-corrected chi connectivity index (χ2v) is 6.49. The summed E-state index contributed by atoms with van der Waals surface area (Å²) in [5.41, 5.74) is 0.975. The van der Waals surface area contributed by atoms with Crippen LogP contribution in [0, 0.1) is 5.92 Å². The van der Waals surface area contributed by atoms with Gasteiger partial charge in [0.15, 0.2) is 0 Å². The van der Waals surface area contributed by atoms with E-state index in [1.54, 1.807) is 18.7 Å². The zero-order chi connectivity index (χ0) is 16.8. The van der Waals surface area contributed by atoms with Gasteiger partial charge in [0.2, 0.25) is 5.91 Å². The van der Waals surface area contributed by atoms with Crippen molar-refractivity contribution in [2.45, 2.75) is 50.8 Å². The van der Waals surface area contributed by atoms with E-state index in [9.17, 15) is 9.90 Å². The standard InChI is InChI=1S/C18H24N4O2/c23-16-10-14(11-16)17(12-15-4-1-2-6-20-15)21-18(24)5-3-8-22-9-7-19-13-22/h1-2,4,6-7,9,13-14,16-17,23H,3,5,8,10-12H2,(H,21,24). The molecule has 24 heavy (non-hydrogen) atoms. The van der Waals surface area contributed by atoms with Crippen LogP contribution in [-0.2, 0) is 17.8 Å². The van der Waals surface area contributed by atoms with Gasteiger partial charge in [-0.05, 0) is 37.3 Å². The lowest BCUT2D eigenvalue weighted by atomic mass is 9.76. The Morgan fingerprint density at radius 1 is 1.38 bits per heavy atom. The van der Waals surface area contributed by atoms with E-state index in [-0.39, 0.29) is 18.1 Å². The third kappa shape index (κ3) is 4.64. The molecule has 0 aromatic carbocycles. The molecule has 128 valence electrons. The number of hydrogen-bond acceptors (Lipinski definition) is 4. The van der Waals surface area contributed by atoms with E-state index >= 15 is 0 Å². The van der Waals surface area contributed by atoms with Gasteiger partial charge in [-0.1, -0.05) is 6.07 Å². The number of pyridine rings is 1. The predicted molar refractivity (Wildman–Crippen MR) is 90.1 cm³/mol. The van der Waals surface area contributed by atoms with E-state index in [1.807, 2.05) is 29.0 Å². The fourth-order valence-electron chi connectivity index (χ4n) is 3.16. The number of nitrogens with one attached hydrogen (secondary N) is 1. The van der Waals surface area contributed by atoms with Gasteiger partial charge in [-0.2, -0.15) is 0 Å². The van der Waals surface area contributed by atoms with E-state index in [0.29, 0.717) is 18.8 Å². The fraction of sp³-hybridized carbons (Fsp3) is 0.500. The van der Waals surface area contributed by atoms with Crippen LogP contribution in [0.15, 0.2) is 43.1 Å². The number of aryl methyl sites for hydroxylation is 1. The molecular weight excluding hydrogens is 304 g/mol. The molecule has 1 fully saturated rings. The third-order valence-corrected chi connectivity index (χ3v) is 4.60. The number of nitrogens with zero attached hydrogens (tertiary/aromatic N) is 3. The lowest BCUT2D eigenvalue weighted by molar-refractivity contribution is -0.123. The molecule has 1 atom stereocenters. The number of aliphatic hydroxyl groups is 1. The van der Waals surface area contributed by atoms with Crippen molar-refractivity contribution in [2.24, 2.45) is 5.92 Å². The van der Waals surface area contributed by atoms with Crippen LogP contribution in [0.5, 0.6) is 0 Å². The highest BCUT2D eigenvalue weighted by molar-refractivity contribution is 5.76. The van der Waals surface area contributed by atoms with Gasteiger partial charge in [-0.15, -0.1) is 0 Å². The molecule has 1 aliphatic carbocycles. The summed E-state index contributed by atoms with van der Waals surface area (Å²) in [6.45, 7) is 0.792. The van der Waals surface area contributed by atoms with E-state index in [1.165, 1.54) is 0 Å². The van der Waals surface area contributed by atoms with Crippen LogP contribution in [0.4, 0.5) is 0 Å². The van der Waals surface area contributed by atoms with E-state index in [2.05, 4.69) is 15.3 Å². The molecule has 1 saturated carbocycles. The molecule has 2 aromatic rings. The highest BCUT2D eigenvalue weighted by atomic mass is 16.3. The summed E-state index contributed by atoms with van der Waals surface area (Å²) in [6, 6.07) is 5.87. The number of imidazole rings is 1. The minimum Gasteiger partial charge on any atom is -0.393 e. The number of aliphatic hydroxyl groups excluding tert-OH is 1. The average Bonchev–Trinajstić information content (AvgIpc) is 3.06. The number of hydrogen-bond donors (Lipinski definition) is 2. The van der Waals surface area contributed by atoms with Crippen molar-refractivity contribution in [1.82, 2.24) is 19.9 Å². The monoisotopic (exact) mass is 328 g/mol. The minimum atomic E-state index is -0.223. The Morgan fingerprint density at radius 3 is 2.92 bits per heavy atom. The predicted octanol–water partition coefficient (Wildman–Crippen LogP) is 1.56. The molecule has 0 spiro atoms. The average molecular weight is 328 g/mol. The first-order valence-electron chi connectivity index (χ1n) is 8.54. The van der Waals surface area contributed by atoms with E-state index < -0.39 is 0 Å². The Morgan fingerprint density at radius 2 is 2.25 bits per heavy atom. The highest BCUT2D eigenvalue weighted by Crippen LogP contribution is 2.31. The Hall–Kier alpha value is -2.21. The SMILES string of the molecule is O=C(CCCn1ccnc1)NC(Cc1ccccn1)C1CC(O)C1. The van der Waals surface area contributed by atoms with Crippen LogP contribution in [0.2, 0.25) is 0 Å². The minimum absolute atomic E-state index is 0.0454. The Balaban J connectivity index is 1.50. The molecule has 1 unspecified atom stereocenters. The van der Waals surface area contributed by atoms with E-state index in [0.717, 1.165) is 31.5 Å². The first-order chi connectivity index (χ1) is 11.7. The molecular formula is C18H24N4O2. The topological polar surface area (TPSA) is 80.0 Å².